The second-order valence-electron chi connectivity index (χ2n) is 9.48. The Balaban J connectivity index is 1.12. The Labute approximate surface area is 204 Å². The lowest BCUT2D eigenvalue weighted by atomic mass is 9.98. The summed E-state index contributed by atoms with van der Waals surface area (Å²) in [4.78, 5) is 38.6. The molecule has 5 rings (SSSR count). The second kappa shape index (κ2) is 9.70. The van der Waals surface area contributed by atoms with Gasteiger partial charge in [-0.2, -0.15) is 0 Å². The highest BCUT2D eigenvalue weighted by Crippen LogP contribution is 2.44. The Bertz CT molecular complexity index is 1090. The Morgan fingerprint density at radius 2 is 1.69 bits per heavy atom. The molecule has 3 aliphatic rings. The van der Waals surface area contributed by atoms with E-state index in [4.69, 9.17) is 9.47 Å². The molecule has 2 unspecified atom stereocenters. The SMILES string of the molecule is CCN(C(=O)[C@H]1C[C@H]1CNC(=O)OCC1c2ccccc2-c2ccccc21)C1COCC1C(=O)O. The van der Waals surface area contributed by atoms with Crippen molar-refractivity contribution in [1.82, 2.24) is 10.2 Å². The summed E-state index contributed by atoms with van der Waals surface area (Å²) in [7, 11) is 0. The Kier molecular flexibility index (Phi) is 6.47. The van der Waals surface area contributed by atoms with Gasteiger partial charge in [0.15, 0.2) is 0 Å². The standard InChI is InChI=1S/C27H30N2O6/c1-2-29(24-15-34-13-23(24)26(31)32)25(30)21-11-16(21)12-28-27(33)35-14-22-19-9-5-3-7-17(19)18-8-4-6-10-20(18)22/h3-10,16,21-24H,2,11-15H2,1H3,(H,28,33)(H,31,32)/t16-,21-,23?,24?/m0/s1. The van der Waals surface area contributed by atoms with Gasteiger partial charge in [0, 0.05) is 24.9 Å². The Morgan fingerprint density at radius 3 is 2.31 bits per heavy atom. The molecular formula is C27H30N2O6. The average molecular weight is 479 g/mol. The van der Waals surface area contributed by atoms with Gasteiger partial charge in [0.2, 0.25) is 5.91 Å². The van der Waals surface area contributed by atoms with Crippen LogP contribution in [0.15, 0.2) is 48.5 Å². The molecule has 4 atom stereocenters. The van der Waals surface area contributed by atoms with Crippen LogP contribution in [0.2, 0.25) is 0 Å². The summed E-state index contributed by atoms with van der Waals surface area (Å²) in [6.07, 6.45) is 0.178. The van der Waals surface area contributed by atoms with Crippen molar-refractivity contribution < 1.29 is 29.0 Å². The maximum atomic E-state index is 13.0. The summed E-state index contributed by atoms with van der Waals surface area (Å²) >= 11 is 0. The van der Waals surface area contributed by atoms with Crippen molar-refractivity contribution >= 4 is 18.0 Å². The van der Waals surface area contributed by atoms with Gasteiger partial charge >= 0.3 is 12.1 Å². The molecule has 35 heavy (non-hydrogen) atoms. The van der Waals surface area contributed by atoms with Gasteiger partial charge in [0.05, 0.1) is 19.3 Å². The number of amides is 2. The molecule has 2 aromatic carbocycles. The first-order valence-corrected chi connectivity index (χ1v) is 12.2. The minimum Gasteiger partial charge on any atom is -0.481 e. The summed E-state index contributed by atoms with van der Waals surface area (Å²) in [6.45, 7) is 3.25. The Hall–Kier alpha value is -3.39. The van der Waals surface area contributed by atoms with Crippen molar-refractivity contribution in [2.24, 2.45) is 17.8 Å². The first kappa shape index (κ1) is 23.4. The molecule has 2 N–H and O–H groups in total. The van der Waals surface area contributed by atoms with Crippen LogP contribution in [-0.2, 0) is 19.1 Å². The minimum atomic E-state index is -0.942. The van der Waals surface area contributed by atoms with Gasteiger partial charge in [-0.1, -0.05) is 48.5 Å². The number of likely N-dealkylation sites (N-methyl/N-ethyl adjacent to an activating group) is 1. The summed E-state index contributed by atoms with van der Waals surface area (Å²) in [5.74, 6) is -1.88. The third-order valence-electron chi connectivity index (χ3n) is 7.48. The molecule has 0 spiro atoms. The zero-order chi connectivity index (χ0) is 24.5. The maximum Gasteiger partial charge on any atom is 0.407 e. The van der Waals surface area contributed by atoms with Crippen LogP contribution in [-0.4, -0.2) is 66.9 Å². The number of carbonyl (C=O) groups excluding carboxylic acids is 2. The van der Waals surface area contributed by atoms with E-state index in [2.05, 4.69) is 29.6 Å². The quantitative estimate of drug-likeness (QED) is 0.604. The maximum absolute atomic E-state index is 13.0. The van der Waals surface area contributed by atoms with Gasteiger partial charge in [-0.3, -0.25) is 9.59 Å². The molecule has 1 heterocycles. The molecule has 1 saturated heterocycles. The molecule has 2 aromatic rings. The molecule has 2 aliphatic carbocycles. The van der Waals surface area contributed by atoms with Crippen LogP contribution in [0.1, 0.15) is 30.4 Å². The first-order chi connectivity index (χ1) is 17.0. The third-order valence-corrected chi connectivity index (χ3v) is 7.48. The molecule has 184 valence electrons. The third kappa shape index (κ3) is 4.50. The van der Waals surface area contributed by atoms with Crippen LogP contribution in [0.4, 0.5) is 4.79 Å². The van der Waals surface area contributed by atoms with Crippen LogP contribution < -0.4 is 5.32 Å². The number of rotatable bonds is 8. The molecule has 1 aliphatic heterocycles. The van der Waals surface area contributed by atoms with Gasteiger partial charge < -0.3 is 24.8 Å². The number of hydrogen-bond acceptors (Lipinski definition) is 5. The van der Waals surface area contributed by atoms with Crippen LogP contribution in [0.25, 0.3) is 11.1 Å². The number of nitrogens with zero attached hydrogens (tertiary/aromatic N) is 1. The Morgan fingerprint density at radius 1 is 1.03 bits per heavy atom. The number of carboxylic acids is 1. The van der Waals surface area contributed by atoms with E-state index in [9.17, 15) is 19.5 Å². The van der Waals surface area contributed by atoms with E-state index < -0.39 is 24.0 Å². The number of carboxylic acid groups (broad SMARTS) is 1. The molecule has 1 saturated carbocycles. The van der Waals surface area contributed by atoms with Gasteiger partial charge in [-0.05, 0) is 41.5 Å². The summed E-state index contributed by atoms with van der Waals surface area (Å²) in [5, 5.41) is 12.2. The molecule has 2 fully saturated rings. The van der Waals surface area contributed by atoms with Gasteiger partial charge in [0.1, 0.15) is 12.5 Å². The second-order valence-corrected chi connectivity index (χ2v) is 9.48. The van der Waals surface area contributed by atoms with Crippen molar-refractivity contribution in [2.75, 3.05) is 32.9 Å². The lowest BCUT2D eigenvalue weighted by molar-refractivity contribution is -0.145. The van der Waals surface area contributed by atoms with Crippen molar-refractivity contribution in [3.63, 3.8) is 0 Å². The fraction of sp³-hybridized carbons (Fsp3) is 0.444. The van der Waals surface area contributed by atoms with Gasteiger partial charge in [-0.15, -0.1) is 0 Å². The first-order valence-electron chi connectivity index (χ1n) is 12.2. The predicted octanol–water partition coefficient (Wildman–Crippen LogP) is 3.11. The highest BCUT2D eigenvalue weighted by atomic mass is 16.5. The van der Waals surface area contributed by atoms with E-state index in [1.54, 1.807) is 4.90 Å². The number of fused-ring (bicyclic) bond motifs is 3. The van der Waals surface area contributed by atoms with Gasteiger partial charge in [0.25, 0.3) is 0 Å². The summed E-state index contributed by atoms with van der Waals surface area (Å²) in [5.41, 5.74) is 4.67. The number of alkyl carbamates (subject to hydrolysis) is 1. The van der Waals surface area contributed by atoms with Crippen molar-refractivity contribution in [1.29, 1.82) is 0 Å². The zero-order valence-electron chi connectivity index (χ0n) is 19.7. The van der Waals surface area contributed by atoms with Gasteiger partial charge in [-0.25, -0.2) is 4.79 Å². The topological polar surface area (TPSA) is 105 Å². The molecule has 0 radical (unpaired) electrons. The van der Waals surface area contributed by atoms with Crippen LogP contribution in [0, 0.1) is 17.8 Å². The lowest BCUT2D eigenvalue weighted by Crippen LogP contribution is -2.47. The molecule has 0 bridgehead atoms. The molecular weight excluding hydrogens is 448 g/mol. The zero-order valence-corrected chi connectivity index (χ0v) is 19.7. The molecule has 2 amide bonds. The fourth-order valence-corrected chi connectivity index (χ4v) is 5.49. The van der Waals surface area contributed by atoms with Crippen molar-refractivity contribution in [3.8, 4) is 11.1 Å². The normalized spacial score (nSPS) is 24.4. The summed E-state index contributed by atoms with van der Waals surface area (Å²) in [6, 6.07) is 15.9. The van der Waals surface area contributed by atoms with Crippen LogP contribution in [0.5, 0.6) is 0 Å². The number of nitrogens with one attached hydrogen (secondary N) is 1. The van der Waals surface area contributed by atoms with E-state index in [1.165, 1.54) is 11.1 Å². The lowest BCUT2D eigenvalue weighted by Gasteiger charge is -2.29. The largest absolute Gasteiger partial charge is 0.481 e. The highest BCUT2D eigenvalue weighted by molar-refractivity contribution is 5.83. The number of ether oxygens (including phenoxy) is 2. The van der Waals surface area contributed by atoms with E-state index >= 15 is 0 Å². The van der Waals surface area contributed by atoms with E-state index in [1.807, 2.05) is 31.2 Å². The summed E-state index contributed by atoms with van der Waals surface area (Å²) < 4.78 is 10.9. The number of aliphatic carboxylic acids is 1. The number of benzene rings is 2. The fourth-order valence-electron chi connectivity index (χ4n) is 5.49. The molecule has 8 nitrogen and oxygen atoms in total. The minimum absolute atomic E-state index is 0.00248. The smallest absolute Gasteiger partial charge is 0.407 e. The highest BCUT2D eigenvalue weighted by Gasteiger charge is 2.48. The van der Waals surface area contributed by atoms with Crippen molar-refractivity contribution in [2.45, 2.75) is 25.3 Å². The number of carbonyl (C=O) groups is 3. The van der Waals surface area contributed by atoms with Crippen LogP contribution in [0.3, 0.4) is 0 Å². The average Bonchev–Trinajstić information content (AvgIpc) is 3.35. The van der Waals surface area contributed by atoms with E-state index in [0.29, 0.717) is 19.5 Å². The number of hydrogen-bond donors (Lipinski definition) is 2. The van der Waals surface area contributed by atoms with Crippen LogP contribution >= 0.6 is 0 Å². The van der Waals surface area contributed by atoms with E-state index in [-0.39, 0.29) is 43.5 Å². The molecule has 0 aromatic heterocycles. The molecule has 8 heteroatoms. The van der Waals surface area contributed by atoms with E-state index in [0.717, 1.165) is 11.1 Å². The predicted molar refractivity (Wildman–Crippen MR) is 128 cm³/mol. The monoisotopic (exact) mass is 478 g/mol. The van der Waals surface area contributed by atoms with Crippen molar-refractivity contribution in [3.05, 3.63) is 59.7 Å².